The largest absolute Gasteiger partial charge is 0.379 e. The standard InChI is InChI=1S/C15H26N4O2/c1-11(10-15(2,3)21-6)17-14(20)18-13-12(19(4)5)8-7-9-16-13/h7-9,11H,10H2,1-6H3,(H2,16,17,18,20)/t11-/m1/s1. The molecule has 1 aromatic rings. The average Bonchev–Trinajstić information content (AvgIpc) is 2.38. The van der Waals surface area contributed by atoms with Crippen LogP contribution in [0.1, 0.15) is 27.2 Å². The number of urea groups is 1. The molecule has 0 radical (unpaired) electrons. The molecule has 1 atom stereocenters. The summed E-state index contributed by atoms with van der Waals surface area (Å²) >= 11 is 0. The van der Waals surface area contributed by atoms with Crippen LogP contribution in [0.3, 0.4) is 0 Å². The summed E-state index contributed by atoms with van der Waals surface area (Å²) in [7, 11) is 5.48. The molecule has 0 spiro atoms. The normalized spacial score (nSPS) is 12.7. The van der Waals surface area contributed by atoms with Crippen molar-refractivity contribution in [1.29, 1.82) is 0 Å². The van der Waals surface area contributed by atoms with E-state index >= 15 is 0 Å². The van der Waals surface area contributed by atoms with Crippen LogP contribution in [0, 0.1) is 0 Å². The third-order valence-corrected chi connectivity index (χ3v) is 3.23. The molecule has 0 aromatic carbocycles. The van der Waals surface area contributed by atoms with Crippen molar-refractivity contribution in [2.75, 3.05) is 31.4 Å². The minimum absolute atomic E-state index is 0.00790. The summed E-state index contributed by atoms with van der Waals surface area (Å²) in [5.74, 6) is 0.540. The Kier molecular flexibility index (Phi) is 5.96. The van der Waals surface area contributed by atoms with E-state index in [1.54, 1.807) is 13.3 Å². The molecule has 1 aromatic heterocycles. The zero-order valence-electron chi connectivity index (χ0n) is 13.7. The molecule has 0 aliphatic heterocycles. The maximum atomic E-state index is 12.1. The highest BCUT2D eigenvalue weighted by Gasteiger charge is 2.21. The number of aromatic nitrogens is 1. The molecule has 6 nitrogen and oxygen atoms in total. The van der Waals surface area contributed by atoms with Crippen molar-refractivity contribution in [3.8, 4) is 0 Å². The number of nitrogens with one attached hydrogen (secondary N) is 2. The molecule has 0 saturated carbocycles. The van der Waals surface area contributed by atoms with Crippen LogP contribution in [0.25, 0.3) is 0 Å². The van der Waals surface area contributed by atoms with Gasteiger partial charge in [-0.3, -0.25) is 5.32 Å². The van der Waals surface area contributed by atoms with Gasteiger partial charge in [-0.05, 0) is 39.3 Å². The number of pyridine rings is 1. The zero-order chi connectivity index (χ0) is 16.0. The van der Waals surface area contributed by atoms with Crippen LogP contribution >= 0.6 is 0 Å². The maximum Gasteiger partial charge on any atom is 0.320 e. The van der Waals surface area contributed by atoms with E-state index < -0.39 is 0 Å². The van der Waals surface area contributed by atoms with Crippen LogP contribution in [-0.4, -0.2) is 43.9 Å². The maximum absolute atomic E-state index is 12.1. The summed E-state index contributed by atoms with van der Waals surface area (Å²) in [5.41, 5.74) is 0.587. The van der Waals surface area contributed by atoms with Gasteiger partial charge in [-0.1, -0.05) is 0 Å². The molecule has 1 rings (SSSR count). The van der Waals surface area contributed by atoms with Gasteiger partial charge in [-0.2, -0.15) is 0 Å². The van der Waals surface area contributed by atoms with Crippen molar-refractivity contribution in [1.82, 2.24) is 10.3 Å². The number of carbonyl (C=O) groups excluding carboxylic acids is 1. The summed E-state index contributed by atoms with van der Waals surface area (Å²) in [6, 6.07) is 3.46. The minimum atomic E-state index is -0.271. The van der Waals surface area contributed by atoms with E-state index in [9.17, 15) is 4.79 Å². The van der Waals surface area contributed by atoms with Gasteiger partial charge in [0.1, 0.15) is 0 Å². The van der Waals surface area contributed by atoms with Crippen molar-refractivity contribution in [2.45, 2.75) is 38.8 Å². The molecule has 2 N–H and O–H groups in total. The first-order chi connectivity index (χ1) is 9.75. The Labute approximate surface area is 126 Å². The Bertz CT molecular complexity index is 474. The Hall–Kier alpha value is -1.82. The molecule has 2 amide bonds. The highest BCUT2D eigenvalue weighted by molar-refractivity contribution is 5.91. The molecule has 0 bridgehead atoms. The average molecular weight is 294 g/mol. The van der Waals surface area contributed by atoms with Crippen molar-refractivity contribution in [3.05, 3.63) is 18.3 Å². The molecule has 0 unspecified atom stereocenters. The predicted octanol–water partition coefficient (Wildman–Crippen LogP) is 2.47. The van der Waals surface area contributed by atoms with Crippen molar-refractivity contribution in [2.24, 2.45) is 0 Å². The fourth-order valence-corrected chi connectivity index (χ4v) is 2.09. The van der Waals surface area contributed by atoms with Gasteiger partial charge in [0.2, 0.25) is 0 Å². The Morgan fingerprint density at radius 3 is 2.71 bits per heavy atom. The van der Waals surface area contributed by atoms with Gasteiger partial charge in [0.15, 0.2) is 5.82 Å². The lowest BCUT2D eigenvalue weighted by Crippen LogP contribution is -2.41. The molecule has 21 heavy (non-hydrogen) atoms. The number of amides is 2. The number of carbonyl (C=O) groups is 1. The lowest BCUT2D eigenvalue weighted by atomic mass is 10.00. The van der Waals surface area contributed by atoms with Gasteiger partial charge in [-0.25, -0.2) is 9.78 Å². The van der Waals surface area contributed by atoms with Gasteiger partial charge in [0.25, 0.3) is 0 Å². The lowest BCUT2D eigenvalue weighted by molar-refractivity contribution is 0.00963. The molecule has 0 fully saturated rings. The molecule has 118 valence electrons. The highest BCUT2D eigenvalue weighted by Crippen LogP contribution is 2.20. The molecule has 0 aliphatic carbocycles. The molecule has 0 aliphatic rings. The molecule has 1 heterocycles. The smallest absolute Gasteiger partial charge is 0.320 e. The number of hydrogen-bond acceptors (Lipinski definition) is 4. The van der Waals surface area contributed by atoms with Gasteiger partial charge in [0.05, 0.1) is 11.3 Å². The fraction of sp³-hybridized carbons (Fsp3) is 0.600. The summed E-state index contributed by atoms with van der Waals surface area (Å²) in [6.07, 6.45) is 2.37. The van der Waals surface area contributed by atoms with Crippen molar-refractivity contribution in [3.63, 3.8) is 0 Å². The summed E-state index contributed by atoms with van der Waals surface area (Å²) in [4.78, 5) is 18.2. The summed E-state index contributed by atoms with van der Waals surface area (Å²) in [5, 5.41) is 5.68. The summed E-state index contributed by atoms with van der Waals surface area (Å²) in [6.45, 7) is 5.93. The van der Waals surface area contributed by atoms with Crippen LogP contribution in [-0.2, 0) is 4.74 Å². The zero-order valence-corrected chi connectivity index (χ0v) is 13.7. The van der Waals surface area contributed by atoms with Gasteiger partial charge in [0, 0.05) is 33.4 Å². The van der Waals surface area contributed by atoms with Gasteiger partial charge >= 0.3 is 6.03 Å². The Balaban J connectivity index is 2.62. The number of methoxy groups -OCH3 is 1. The third kappa shape index (κ3) is 5.59. The first-order valence-corrected chi connectivity index (χ1v) is 7.00. The van der Waals surface area contributed by atoms with Gasteiger partial charge < -0.3 is 15.0 Å². The Morgan fingerprint density at radius 2 is 2.14 bits per heavy atom. The minimum Gasteiger partial charge on any atom is -0.379 e. The number of rotatable bonds is 6. The van der Waals surface area contributed by atoms with E-state index in [4.69, 9.17) is 4.74 Å². The van der Waals surface area contributed by atoms with Crippen LogP contribution in [0.5, 0.6) is 0 Å². The first-order valence-electron chi connectivity index (χ1n) is 7.00. The van der Waals surface area contributed by atoms with Crippen LogP contribution < -0.4 is 15.5 Å². The second-order valence-corrected chi connectivity index (χ2v) is 5.93. The lowest BCUT2D eigenvalue weighted by Gasteiger charge is -2.27. The number of ether oxygens (including phenoxy) is 1. The number of anilines is 2. The van der Waals surface area contributed by atoms with E-state index in [1.165, 1.54) is 0 Å². The van der Waals surface area contributed by atoms with Crippen LogP contribution in [0.2, 0.25) is 0 Å². The predicted molar refractivity (Wildman–Crippen MR) is 85.9 cm³/mol. The van der Waals surface area contributed by atoms with Gasteiger partial charge in [-0.15, -0.1) is 0 Å². The molecular weight excluding hydrogens is 268 g/mol. The number of hydrogen-bond donors (Lipinski definition) is 2. The Morgan fingerprint density at radius 1 is 1.48 bits per heavy atom. The molecule has 6 heteroatoms. The second kappa shape index (κ2) is 7.26. The molecule has 0 saturated heterocycles. The second-order valence-electron chi connectivity index (χ2n) is 5.93. The number of nitrogens with zero attached hydrogens (tertiary/aromatic N) is 2. The van der Waals surface area contributed by atoms with E-state index in [1.807, 2.05) is 51.9 Å². The quantitative estimate of drug-likeness (QED) is 0.846. The molecular formula is C15H26N4O2. The SMILES string of the molecule is COC(C)(C)C[C@@H](C)NC(=O)Nc1ncccc1N(C)C. The topological polar surface area (TPSA) is 66.5 Å². The van der Waals surface area contributed by atoms with Crippen molar-refractivity contribution < 1.29 is 9.53 Å². The highest BCUT2D eigenvalue weighted by atomic mass is 16.5. The fourth-order valence-electron chi connectivity index (χ4n) is 2.09. The van der Waals surface area contributed by atoms with E-state index in [-0.39, 0.29) is 17.7 Å². The van der Waals surface area contributed by atoms with E-state index in [2.05, 4.69) is 15.6 Å². The summed E-state index contributed by atoms with van der Waals surface area (Å²) < 4.78 is 5.37. The third-order valence-electron chi connectivity index (χ3n) is 3.23. The van der Waals surface area contributed by atoms with E-state index in [0.29, 0.717) is 5.82 Å². The monoisotopic (exact) mass is 294 g/mol. The van der Waals surface area contributed by atoms with Crippen LogP contribution in [0.15, 0.2) is 18.3 Å². The first kappa shape index (κ1) is 17.2. The van der Waals surface area contributed by atoms with Crippen molar-refractivity contribution >= 4 is 17.5 Å². The van der Waals surface area contributed by atoms with Crippen LogP contribution in [0.4, 0.5) is 16.3 Å². The van der Waals surface area contributed by atoms with E-state index in [0.717, 1.165) is 12.1 Å².